The molecule has 0 aliphatic heterocycles. The number of aryl methyl sites for hydroxylation is 3. The summed E-state index contributed by atoms with van der Waals surface area (Å²) in [5.41, 5.74) is 4.50. The van der Waals surface area contributed by atoms with Gasteiger partial charge in [-0.15, -0.1) is 0 Å². The van der Waals surface area contributed by atoms with Gasteiger partial charge in [0.15, 0.2) is 5.65 Å². The molecule has 0 bridgehead atoms. The summed E-state index contributed by atoms with van der Waals surface area (Å²) in [6.07, 6.45) is 2.48. The Hall–Kier alpha value is -2.04. The molecule has 124 valence electrons. The third-order valence-corrected chi connectivity index (χ3v) is 4.49. The molecule has 0 spiro atoms. The predicted molar refractivity (Wildman–Crippen MR) is 98.5 cm³/mol. The molecule has 1 aromatic carbocycles. The van der Waals surface area contributed by atoms with Crippen LogP contribution in [-0.4, -0.2) is 15.3 Å². The molecule has 0 unspecified atom stereocenters. The van der Waals surface area contributed by atoms with Crippen LogP contribution in [0.1, 0.15) is 34.2 Å². The molecule has 3 aromatic rings. The number of hydrogen-bond acceptors (Lipinski definition) is 2. The second-order valence-electron chi connectivity index (χ2n) is 5.66. The average molecular weight is 362 g/mol. The lowest BCUT2D eigenvalue weighted by atomic mass is 10.1. The van der Waals surface area contributed by atoms with Crippen LogP contribution >= 0.6 is 23.2 Å². The Labute approximate surface area is 150 Å². The highest BCUT2D eigenvalue weighted by molar-refractivity contribution is 6.36. The lowest BCUT2D eigenvalue weighted by Gasteiger charge is -2.13. The number of imidazole rings is 1. The van der Waals surface area contributed by atoms with Crippen molar-refractivity contribution in [3.8, 4) is 0 Å². The largest absolute Gasteiger partial charge is 0.320 e. The van der Waals surface area contributed by atoms with Gasteiger partial charge in [-0.2, -0.15) is 0 Å². The number of pyridine rings is 1. The monoisotopic (exact) mass is 361 g/mol. The van der Waals surface area contributed by atoms with Crippen molar-refractivity contribution in [2.75, 3.05) is 5.32 Å². The molecule has 0 atom stereocenters. The van der Waals surface area contributed by atoms with Crippen LogP contribution in [0.15, 0.2) is 30.5 Å². The normalized spacial score (nSPS) is 11.0. The predicted octanol–water partition coefficient (Wildman–Crippen LogP) is 5.07. The van der Waals surface area contributed by atoms with E-state index in [1.54, 1.807) is 23.6 Å². The van der Waals surface area contributed by atoms with Gasteiger partial charge in [-0.25, -0.2) is 4.98 Å². The van der Waals surface area contributed by atoms with E-state index in [2.05, 4.69) is 17.2 Å². The molecular weight excluding hydrogens is 345 g/mol. The summed E-state index contributed by atoms with van der Waals surface area (Å²) < 4.78 is 1.64. The van der Waals surface area contributed by atoms with Gasteiger partial charge in [0.2, 0.25) is 0 Å². The maximum atomic E-state index is 12.9. The molecular formula is C18H17Cl2N3O. The molecule has 0 saturated heterocycles. The van der Waals surface area contributed by atoms with E-state index in [4.69, 9.17) is 23.2 Å². The van der Waals surface area contributed by atoms with Crippen LogP contribution < -0.4 is 5.32 Å². The van der Waals surface area contributed by atoms with Crippen LogP contribution in [-0.2, 0) is 6.42 Å². The molecule has 6 heteroatoms. The lowest BCUT2D eigenvalue weighted by molar-refractivity contribution is 0.102. The topological polar surface area (TPSA) is 46.4 Å². The highest BCUT2D eigenvalue weighted by atomic mass is 35.5. The van der Waals surface area contributed by atoms with Crippen LogP contribution in [0.5, 0.6) is 0 Å². The first kappa shape index (κ1) is 16.8. The van der Waals surface area contributed by atoms with E-state index in [0.29, 0.717) is 27.1 Å². The summed E-state index contributed by atoms with van der Waals surface area (Å²) in [5, 5.41) is 3.88. The number of fused-ring (bicyclic) bond motifs is 1. The van der Waals surface area contributed by atoms with E-state index in [9.17, 15) is 4.79 Å². The zero-order valence-electron chi connectivity index (χ0n) is 13.7. The maximum Gasteiger partial charge on any atom is 0.274 e. The number of hydrogen-bond donors (Lipinski definition) is 1. The molecule has 0 radical (unpaired) electrons. The molecule has 4 nitrogen and oxygen atoms in total. The first-order valence-electron chi connectivity index (χ1n) is 7.66. The summed E-state index contributed by atoms with van der Waals surface area (Å²) in [6, 6.07) is 7.59. The number of nitrogens with zero attached hydrogens (tertiary/aromatic N) is 2. The van der Waals surface area contributed by atoms with Gasteiger partial charge in [-0.1, -0.05) is 48.3 Å². The van der Waals surface area contributed by atoms with E-state index >= 15 is 0 Å². The number of para-hydroxylation sites is 1. The quantitative estimate of drug-likeness (QED) is 0.707. The number of carbonyl (C=O) groups excluding carboxylic acids is 1. The lowest BCUT2D eigenvalue weighted by Crippen LogP contribution is -2.17. The van der Waals surface area contributed by atoms with Gasteiger partial charge in [0, 0.05) is 11.9 Å². The number of amides is 1. The van der Waals surface area contributed by atoms with Crippen molar-refractivity contribution in [2.24, 2.45) is 0 Å². The smallest absolute Gasteiger partial charge is 0.274 e. The molecule has 0 saturated carbocycles. The third kappa shape index (κ3) is 2.87. The van der Waals surface area contributed by atoms with Gasteiger partial charge in [0.05, 0.1) is 15.7 Å². The van der Waals surface area contributed by atoms with Gasteiger partial charge in [0.1, 0.15) is 5.69 Å². The summed E-state index contributed by atoms with van der Waals surface area (Å²) >= 11 is 12.3. The van der Waals surface area contributed by atoms with Gasteiger partial charge < -0.3 is 5.32 Å². The van der Waals surface area contributed by atoms with Crippen LogP contribution in [0.25, 0.3) is 5.65 Å². The molecule has 24 heavy (non-hydrogen) atoms. The van der Waals surface area contributed by atoms with Gasteiger partial charge >= 0.3 is 0 Å². The van der Waals surface area contributed by atoms with Crippen LogP contribution in [0.4, 0.5) is 5.69 Å². The van der Waals surface area contributed by atoms with Crippen LogP contribution in [0, 0.1) is 13.8 Å². The highest BCUT2D eigenvalue weighted by Crippen LogP contribution is 2.26. The van der Waals surface area contributed by atoms with Crippen LogP contribution in [0.2, 0.25) is 10.0 Å². The number of halogens is 2. The Balaban J connectivity index is 2.09. The standard InChI is InChI=1S/C18H17Cl2N3O/c1-4-12-7-5-6-10(2)15(12)22-18(24)16-11(3)21-17-14(20)8-13(19)9-23(16)17/h5-9H,4H2,1-3H3,(H,22,24). The van der Waals surface area contributed by atoms with Crippen molar-refractivity contribution >= 4 is 40.4 Å². The first-order chi connectivity index (χ1) is 11.4. The summed E-state index contributed by atoms with van der Waals surface area (Å²) in [7, 11) is 0. The molecule has 2 heterocycles. The van der Waals surface area contributed by atoms with Crippen molar-refractivity contribution in [1.82, 2.24) is 9.38 Å². The molecule has 1 amide bonds. The zero-order chi connectivity index (χ0) is 17.4. The van der Waals surface area contributed by atoms with Crippen molar-refractivity contribution in [1.29, 1.82) is 0 Å². The van der Waals surface area contributed by atoms with E-state index in [1.807, 2.05) is 25.1 Å². The Morgan fingerprint density at radius 2 is 2.04 bits per heavy atom. The minimum absolute atomic E-state index is 0.234. The minimum atomic E-state index is -0.234. The summed E-state index contributed by atoms with van der Waals surface area (Å²) in [5.74, 6) is -0.234. The molecule has 0 aliphatic carbocycles. The molecule has 2 aromatic heterocycles. The van der Waals surface area contributed by atoms with Gasteiger partial charge in [-0.3, -0.25) is 9.20 Å². The Bertz CT molecular complexity index is 947. The van der Waals surface area contributed by atoms with Gasteiger partial charge in [0.25, 0.3) is 5.91 Å². The number of carbonyl (C=O) groups is 1. The van der Waals surface area contributed by atoms with Crippen molar-refractivity contribution < 1.29 is 4.79 Å². The van der Waals surface area contributed by atoms with Gasteiger partial charge in [-0.05, 0) is 37.5 Å². The van der Waals surface area contributed by atoms with Crippen molar-refractivity contribution in [3.63, 3.8) is 0 Å². The van der Waals surface area contributed by atoms with E-state index in [-0.39, 0.29) is 5.91 Å². The first-order valence-corrected chi connectivity index (χ1v) is 8.41. The van der Waals surface area contributed by atoms with E-state index in [1.165, 1.54) is 0 Å². The number of benzene rings is 1. The second-order valence-corrected chi connectivity index (χ2v) is 6.51. The van der Waals surface area contributed by atoms with E-state index in [0.717, 1.165) is 23.2 Å². The Kier molecular flexibility index (Phi) is 4.52. The third-order valence-electron chi connectivity index (χ3n) is 4.01. The van der Waals surface area contributed by atoms with E-state index < -0.39 is 0 Å². The fourth-order valence-corrected chi connectivity index (χ4v) is 3.35. The fraction of sp³-hybridized carbons (Fsp3) is 0.222. The number of anilines is 1. The number of aromatic nitrogens is 2. The highest BCUT2D eigenvalue weighted by Gasteiger charge is 2.20. The molecule has 1 N–H and O–H groups in total. The Morgan fingerprint density at radius 1 is 1.29 bits per heavy atom. The maximum absolute atomic E-state index is 12.9. The Morgan fingerprint density at radius 3 is 2.75 bits per heavy atom. The van der Waals surface area contributed by atoms with Crippen molar-refractivity contribution in [2.45, 2.75) is 27.2 Å². The number of nitrogens with one attached hydrogen (secondary N) is 1. The SMILES string of the molecule is CCc1cccc(C)c1NC(=O)c1c(C)nc2c(Cl)cc(Cl)cn12. The molecule has 0 aliphatic rings. The van der Waals surface area contributed by atoms with Crippen LogP contribution in [0.3, 0.4) is 0 Å². The summed E-state index contributed by atoms with van der Waals surface area (Å²) in [6.45, 7) is 5.82. The second kappa shape index (κ2) is 6.46. The van der Waals surface area contributed by atoms with Crippen molar-refractivity contribution in [3.05, 3.63) is 63.0 Å². The number of rotatable bonds is 3. The molecule has 3 rings (SSSR count). The average Bonchev–Trinajstić information content (AvgIpc) is 2.85. The minimum Gasteiger partial charge on any atom is -0.320 e. The fourth-order valence-electron chi connectivity index (χ4n) is 2.83. The zero-order valence-corrected chi connectivity index (χ0v) is 15.2. The summed E-state index contributed by atoms with van der Waals surface area (Å²) in [4.78, 5) is 17.3. The molecule has 0 fully saturated rings.